The second-order valence-electron chi connectivity index (χ2n) is 7.01. The molecule has 1 aromatic heterocycles. The van der Waals surface area contributed by atoms with Crippen LogP contribution >= 0.6 is 0 Å². The highest BCUT2D eigenvalue weighted by Gasteiger charge is 2.65. The number of benzene rings is 2. The Bertz CT molecular complexity index is 1410. The standard InChI is InChI=1S/C21H11F4N5O6/c22-20(23)21(24,25)36-18-8-11(1-4-17(18)35-20)28-19(31)29-15-3-2-13(9-16(15)30(32)33)34-14-5-6-27-12(7-14)10-26/h1-9H,(H2,28,29,31). The molecule has 1 aliphatic heterocycles. The molecule has 0 spiro atoms. The number of alkyl halides is 4. The number of hydrogen-bond acceptors (Lipinski definition) is 8. The van der Waals surface area contributed by atoms with Crippen LogP contribution < -0.4 is 24.8 Å². The molecule has 0 fully saturated rings. The molecule has 0 saturated heterocycles. The first-order valence-electron chi connectivity index (χ1n) is 9.65. The summed E-state index contributed by atoms with van der Waals surface area (Å²) >= 11 is 0. The maximum atomic E-state index is 13.4. The Morgan fingerprint density at radius 3 is 2.39 bits per heavy atom. The van der Waals surface area contributed by atoms with Crippen molar-refractivity contribution in [2.45, 2.75) is 12.2 Å². The summed E-state index contributed by atoms with van der Waals surface area (Å²) in [5.74, 6) is -1.23. The molecule has 11 nitrogen and oxygen atoms in total. The Kier molecular flexibility index (Phi) is 5.94. The van der Waals surface area contributed by atoms with Gasteiger partial charge in [-0.25, -0.2) is 9.78 Å². The number of aromatic nitrogens is 1. The lowest BCUT2D eigenvalue weighted by molar-refractivity contribution is -0.391. The van der Waals surface area contributed by atoms with Crippen molar-refractivity contribution in [3.63, 3.8) is 0 Å². The first-order valence-corrected chi connectivity index (χ1v) is 9.65. The van der Waals surface area contributed by atoms with E-state index < -0.39 is 40.4 Å². The molecule has 0 bridgehead atoms. The number of fused-ring (bicyclic) bond motifs is 1. The van der Waals surface area contributed by atoms with Crippen molar-refractivity contribution in [3.8, 4) is 29.1 Å². The lowest BCUT2D eigenvalue weighted by atomic mass is 10.2. The minimum atomic E-state index is -4.95. The molecule has 0 saturated carbocycles. The van der Waals surface area contributed by atoms with Gasteiger partial charge in [-0.15, -0.1) is 0 Å². The summed E-state index contributed by atoms with van der Waals surface area (Å²) in [6.45, 7) is 0. The van der Waals surface area contributed by atoms with Crippen molar-refractivity contribution in [3.05, 3.63) is 70.5 Å². The number of nitrogens with zero attached hydrogens (tertiary/aromatic N) is 3. The van der Waals surface area contributed by atoms with Gasteiger partial charge in [0.05, 0.1) is 11.0 Å². The van der Waals surface area contributed by atoms with Crippen molar-refractivity contribution < 1.29 is 41.5 Å². The second-order valence-corrected chi connectivity index (χ2v) is 7.01. The van der Waals surface area contributed by atoms with Gasteiger partial charge in [0.15, 0.2) is 11.5 Å². The maximum absolute atomic E-state index is 13.4. The number of urea groups is 1. The largest absolute Gasteiger partial charge is 0.507 e. The first kappa shape index (κ1) is 24.0. The van der Waals surface area contributed by atoms with Crippen LogP contribution in [0.1, 0.15) is 5.69 Å². The van der Waals surface area contributed by atoms with Crippen LogP contribution in [0.2, 0.25) is 0 Å². The third-order valence-electron chi connectivity index (χ3n) is 4.51. The van der Waals surface area contributed by atoms with E-state index in [1.165, 1.54) is 30.5 Å². The normalized spacial score (nSPS) is 14.8. The molecule has 15 heteroatoms. The maximum Gasteiger partial charge on any atom is 0.507 e. The Morgan fingerprint density at radius 1 is 1.00 bits per heavy atom. The van der Waals surface area contributed by atoms with E-state index in [1.54, 1.807) is 0 Å². The monoisotopic (exact) mass is 505 g/mol. The van der Waals surface area contributed by atoms with Gasteiger partial charge < -0.3 is 24.8 Å². The molecule has 2 heterocycles. The van der Waals surface area contributed by atoms with E-state index in [2.05, 4.69) is 25.1 Å². The number of nitriles is 1. The number of nitrogens with one attached hydrogen (secondary N) is 2. The minimum Gasteiger partial charge on any atom is -0.457 e. The number of carbonyl (C=O) groups excluding carboxylic acids is 1. The molecule has 184 valence electrons. The van der Waals surface area contributed by atoms with Gasteiger partial charge in [0.2, 0.25) is 0 Å². The van der Waals surface area contributed by atoms with Gasteiger partial charge in [-0.05, 0) is 30.3 Å². The topological polar surface area (TPSA) is 149 Å². The number of nitro benzene ring substituents is 1. The SMILES string of the molecule is N#Cc1cc(Oc2ccc(NC(=O)Nc3ccc4c(c3)OC(F)(F)C(F)(F)O4)c([N+](=O)[O-])c2)ccn1. The summed E-state index contributed by atoms with van der Waals surface area (Å²) in [6.07, 6.45) is -8.53. The molecular formula is C21H11F4N5O6. The van der Waals surface area contributed by atoms with Crippen LogP contribution in [-0.4, -0.2) is 28.2 Å². The summed E-state index contributed by atoms with van der Waals surface area (Å²) in [5, 5.41) is 24.8. The Labute approximate surface area is 198 Å². The third-order valence-corrected chi connectivity index (χ3v) is 4.51. The summed E-state index contributed by atoms with van der Waals surface area (Å²) in [7, 11) is 0. The summed E-state index contributed by atoms with van der Waals surface area (Å²) in [6, 6.07) is 9.80. The molecule has 2 aromatic carbocycles. The number of pyridine rings is 1. The molecule has 4 rings (SSSR count). The smallest absolute Gasteiger partial charge is 0.457 e. The van der Waals surface area contributed by atoms with Gasteiger partial charge in [0, 0.05) is 24.0 Å². The number of nitro groups is 1. The number of anilines is 2. The summed E-state index contributed by atoms with van der Waals surface area (Å²) < 4.78 is 66.7. The van der Waals surface area contributed by atoms with Crippen LogP contribution in [0.5, 0.6) is 23.0 Å². The number of halogens is 4. The van der Waals surface area contributed by atoms with Crippen LogP contribution in [-0.2, 0) is 0 Å². The average molecular weight is 505 g/mol. The fraction of sp³-hybridized carbons (Fsp3) is 0.0952. The molecule has 3 aromatic rings. The van der Waals surface area contributed by atoms with E-state index in [0.29, 0.717) is 0 Å². The quantitative estimate of drug-likeness (QED) is 0.271. The van der Waals surface area contributed by atoms with Crippen LogP contribution in [0.3, 0.4) is 0 Å². The van der Waals surface area contributed by atoms with Crippen molar-refractivity contribution in [1.29, 1.82) is 5.26 Å². The molecule has 2 N–H and O–H groups in total. The molecule has 0 unspecified atom stereocenters. The van der Waals surface area contributed by atoms with Crippen LogP contribution in [0.4, 0.5) is 39.4 Å². The number of ether oxygens (including phenoxy) is 3. The van der Waals surface area contributed by atoms with E-state index in [-0.39, 0.29) is 28.6 Å². The third kappa shape index (κ3) is 4.87. The number of amides is 2. The van der Waals surface area contributed by atoms with Crippen molar-refractivity contribution in [1.82, 2.24) is 4.98 Å². The van der Waals surface area contributed by atoms with E-state index in [0.717, 1.165) is 24.3 Å². The average Bonchev–Trinajstić information content (AvgIpc) is 2.80. The molecule has 1 aliphatic rings. The Morgan fingerprint density at radius 2 is 1.69 bits per heavy atom. The number of carbonyl (C=O) groups is 1. The van der Waals surface area contributed by atoms with Gasteiger partial charge in [-0.3, -0.25) is 10.1 Å². The zero-order valence-electron chi connectivity index (χ0n) is 17.5. The lowest BCUT2D eigenvalue weighted by Crippen LogP contribution is -2.52. The number of rotatable bonds is 5. The van der Waals surface area contributed by atoms with Crippen LogP contribution in [0.25, 0.3) is 0 Å². The fourth-order valence-electron chi connectivity index (χ4n) is 2.93. The summed E-state index contributed by atoms with van der Waals surface area (Å²) in [5.41, 5.74) is -0.903. The highest BCUT2D eigenvalue weighted by Crippen LogP contribution is 2.47. The summed E-state index contributed by atoms with van der Waals surface area (Å²) in [4.78, 5) is 26.8. The van der Waals surface area contributed by atoms with Crippen molar-refractivity contribution in [2.24, 2.45) is 0 Å². The Hall–Kier alpha value is -5.13. The molecule has 2 amide bonds. The van der Waals surface area contributed by atoms with E-state index in [4.69, 9.17) is 10.00 Å². The molecule has 0 aliphatic carbocycles. The van der Waals surface area contributed by atoms with Crippen LogP contribution in [0, 0.1) is 21.4 Å². The Balaban J connectivity index is 1.49. The minimum absolute atomic E-state index is 0.0207. The predicted molar refractivity (Wildman–Crippen MR) is 112 cm³/mol. The second kappa shape index (κ2) is 8.91. The van der Waals surface area contributed by atoms with Gasteiger partial charge in [0.1, 0.15) is 28.9 Å². The predicted octanol–water partition coefficient (Wildman–Crippen LogP) is 5.25. The lowest BCUT2D eigenvalue weighted by Gasteiger charge is -2.31. The molecule has 0 atom stereocenters. The van der Waals surface area contributed by atoms with Gasteiger partial charge in [0.25, 0.3) is 5.69 Å². The molecular weight excluding hydrogens is 494 g/mol. The van der Waals surface area contributed by atoms with E-state index >= 15 is 0 Å². The molecule has 36 heavy (non-hydrogen) atoms. The van der Waals surface area contributed by atoms with Gasteiger partial charge in [-0.2, -0.15) is 22.8 Å². The van der Waals surface area contributed by atoms with Crippen molar-refractivity contribution in [2.75, 3.05) is 10.6 Å². The highest BCUT2D eigenvalue weighted by molar-refractivity contribution is 6.01. The molecule has 0 radical (unpaired) electrons. The zero-order chi connectivity index (χ0) is 26.1. The van der Waals surface area contributed by atoms with E-state index in [1.807, 2.05) is 6.07 Å². The number of hydrogen-bond donors (Lipinski definition) is 2. The van der Waals surface area contributed by atoms with Crippen LogP contribution in [0.15, 0.2) is 54.7 Å². The zero-order valence-corrected chi connectivity index (χ0v) is 17.5. The highest BCUT2D eigenvalue weighted by atomic mass is 19.3. The van der Waals surface area contributed by atoms with Gasteiger partial charge in [-0.1, -0.05) is 0 Å². The first-order chi connectivity index (χ1) is 17.0. The van der Waals surface area contributed by atoms with E-state index in [9.17, 15) is 32.5 Å². The van der Waals surface area contributed by atoms with Gasteiger partial charge >= 0.3 is 18.2 Å². The van der Waals surface area contributed by atoms with Crippen molar-refractivity contribution >= 4 is 23.1 Å². The fourth-order valence-corrected chi connectivity index (χ4v) is 2.93.